The summed E-state index contributed by atoms with van der Waals surface area (Å²) in [4.78, 5) is 25.3. The Bertz CT molecular complexity index is 557. The van der Waals surface area contributed by atoms with Crippen LogP contribution < -0.4 is 0 Å². The van der Waals surface area contributed by atoms with Crippen molar-refractivity contribution in [1.82, 2.24) is 0 Å². The Morgan fingerprint density at radius 3 is 2.61 bits per heavy atom. The van der Waals surface area contributed by atoms with Gasteiger partial charge in [0.2, 0.25) is 0 Å². The van der Waals surface area contributed by atoms with Crippen LogP contribution in [0.2, 0.25) is 0 Å². The van der Waals surface area contributed by atoms with Crippen LogP contribution in [0, 0.1) is 0 Å². The van der Waals surface area contributed by atoms with E-state index in [1.807, 2.05) is 0 Å². The van der Waals surface area contributed by atoms with Gasteiger partial charge < -0.3 is 4.74 Å². The van der Waals surface area contributed by atoms with E-state index >= 15 is 0 Å². The van der Waals surface area contributed by atoms with Gasteiger partial charge in [-0.05, 0) is 24.1 Å². The molecule has 0 saturated carbocycles. The summed E-state index contributed by atoms with van der Waals surface area (Å²) in [5, 5.41) is 3.25. The molecule has 0 aliphatic heterocycles. The Morgan fingerprint density at radius 2 is 2.06 bits per heavy atom. The Balaban J connectivity index is 3.32. The monoisotopic (exact) mass is 245 g/mol. The number of rotatable bonds is 4. The van der Waals surface area contributed by atoms with Gasteiger partial charge in [0.05, 0.1) is 7.11 Å². The van der Waals surface area contributed by atoms with Gasteiger partial charge in [-0.2, -0.15) is 0 Å². The van der Waals surface area contributed by atoms with Crippen molar-refractivity contribution < 1.29 is 14.3 Å². The third-order valence-corrected chi connectivity index (χ3v) is 2.18. The SMILES string of the molecule is COC(=O)/C(=C/c1ccccc1C(C)=O)N=[N+]=[N-]. The second-order valence-electron chi connectivity index (χ2n) is 3.35. The normalized spacial score (nSPS) is 10.4. The highest BCUT2D eigenvalue weighted by Gasteiger charge is 2.10. The summed E-state index contributed by atoms with van der Waals surface area (Å²) in [7, 11) is 1.18. The number of ether oxygens (including phenoxy) is 1. The molecule has 0 saturated heterocycles. The molecule has 0 radical (unpaired) electrons. The minimum absolute atomic E-state index is 0.146. The van der Waals surface area contributed by atoms with Crippen LogP contribution in [-0.2, 0) is 9.53 Å². The first kappa shape index (κ1) is 13.5. The first-order chi connectivity index (χ1) is 8.60. The molecular weight excluding hydrogens is 234 g/mol. The smallest absolute Gasteiger partial charge is 0.340 e. The van der Waals surface area contributed by atoms with Crippen LogP contribution >= 0.6 is 0 Å². The van der Waals surface area contributed by atoms with Gasteiger partial charge in [0.15, 0.2) is 5.78 Å². The Hall–Kier alpha value is -2.59. The molecule has 0 aromatic heterocycles. The van der Waals surface area contributed by atoms with Crippen LogP contribution in [0.25, 0.3) is 16.5 Å². The Kier molecular flexibility index (Phi) is 4.66. The predicted molar refractivity (Wildman–Crippen MR) is 65.6 cm³/mol. The number of hydrogen-bond donors (Lipinski definition) is 0. The molecule has 18 heavy (non-hydrogen) atoms. The van der Waals surface area contributed by atoms with E-state index in [4.69, 9.17) is 5.53 Å². The third-order valence-electron chi connectivity index (χ3n) is 2.18. The molecule has 0 aliphatic rings. The molecule has 0 fully saturated rings. The molecule has 0 atom stereocenters. The number of Topliss-reactive ketones (excluding diaryl/α,β-unsaturated/α-hetero) is 1. The van der Waals surface area contributed by atoms with Crippen LogP contribution in [0.15, 0.2) is 35.1 Å². The van der Waals surface area contributed by atoms with Crippen molar-refractivity contribution in [2.24, 2.45) is 5.11 Å². The third kappa shape index (κ3) is 3.20. The Morgan fingerprint density at radius 1 is 1.39 bits per heavy atom. The summed E-state index contributed by atoms with van der Waals surface area (Å²) in [6, 6.07) is 6.69. The second-order valence-corrected chi connectivity index (χ2v) is 3.35. The molecule has 0 aliphatic carbocycles. The summed E-state index contributed by atoms with van der Waals surface area (Å²) in [5.41, 5.74) is 9.12. The van der Waals surface area contributed by atoms with E-state index in [-0.39, 0.29) is 11.5 Å². The maximum atomic E-state index is 11.4. The number of esters is 1. The van der Waals surface area contributed by atoms with Crippen LogP contribution in [0.1, 0.15) is 22.8 Å². The van der Waals surface area contributed by atoms with E-state index in [0.717, 1.165) is 0 Å². The largest absolute Gasteiger partial charge is 0.466 e. The molecule has 0 spiro atoms. The number of ketones is 1. The molecule has 1 rings (SSSR count). The van der Waals surface area contributed by atoms with Crippen LogP contribution in [0.5, 0.6) is 0 Å². The van der Waals surface area contributed by atoms with Gasteiger partial charge in [0.1, 0.15) is 5.70 Å². The average molecular weight is 245 g/mol. The summed E-state index contributed by atoms with van der Waals surface area (Å²) in [6.07, 6.45) is 1.32. The number of nitrogens with zero attached hydrogens (tertiary/aromatic N) is 3. The van der Waals surface area contributed by atoms with Gasteiger partial charge in [-0.1, -0.05) is 29.4 Å². The topological polar surface area (TPSA) is 92.1 Å². The Labute approximate surface area is 104 Å². The molecule has 6 heteroatoms. The molecule has 0 N–H and O–H groups in total. The number of hydrogen-bond acceptors (Lipinski definition) is 4. The molecule has 6 nitrogen and oxygen atoms in total. The number of carbonyl (C=O) groups is 2. The first-order valence-corrected chi connectivity index (χ1v) is 5.05. The molecule has 1 aromatic carbocycles. The highest BCUT2D eigenvalue weighted by Crippen LogP contribution is 2.15. The average Bonchev–Trinajstić information content (AvgIpc) is 2.37. The molecule has 0 bridgehead atoms. The van der Waals surface area contributed by atoms with Crippen molar-refractivity contribution in [2.45, 2.75) is 6.92 Å². The van der Waals surface area contributed by atoms with Crippen LogP contribution in [0.3, 0.4) is 0 Å². The van der Waals surface area contributed by atoms with Gasteiger partial charge in [-0.15, -0.1) is 0 Å². The van der Waals surface area contributed by atoms with Crippen molar-refractivity contribution in [3.8, 4) is 0 Å². The van der Waals surface area contributed by atoms with E-state index < -0.39 is 5.97 Å². The van der Waals surface area contributed by atoms with Crippen molar-refractivity contribution in [3.63, 3.8) is 0 Å². The fourth-order valence-electron chi connectivity index (χ4n) is 1.37. The lowest BCUT2D eigenvalue weighted by molar-refractivity contribution is -0.136. The quantitative estimate of drug-likeness (QED) is 0.204. The van der Waals surface area contributed by atoms with Gasteiger partial charge in [-0.25, -0.2) is 4.79 Å². The molecule has 1 aromatic rings. The minimum atomic E-state index is -0.758. The zero-order chi connectivity index (χ0) is 13.5. The molecule has 92 valence electrons. The second kappa shape index (κ2) is 6.22. The summed E-state index contributed by atoms with van der Waals surface area (Å²) < 4.78 is 4.48. The zero-order valence-electron chi connectivity index (χ0n) is 9.95. The number of carbonyl (C=O) groups excluding carboxylic acids is 2. The maximum absolute atomic E-state index is 11.4. The standard InChI is InChI=1S/C12H11N3O3/c1-8(16)10-6-4-3-5-9(10)7-11(14-15-13)12(17)18-2/h3-7H,1-2H3/b11-7-. The van der Waals surface area contributed by atoms with Gasteiger partial charge >= 0.3 is 5.97 Å². The zero-order valence-corrected chi connectivity index (χ0v) is 9.95. The lowest BCUT2D eigenvalue weighted by atomic mass is 10.0. The maximum Gasteiger partial charge on any atom is 0.340 e. The van der Waals surface area contributed by atoms with Crippen molar-refractivity contribution in [2.75, 3.05) is 7.11 Å². The highest BCUT2D eigenvalue weighted by molar-refractivity contribution is 6.00. The van der Waals surface area contributed by atoms with Crippen LogP contribution in [0.4, 0.5) is 0 Å². The van der Waals surface area contributed by atoms with E-state index in [1.165, 1.54) is 20.1 Å². The number of benzene rings is 1. The van der Waals surface area contributed by atoms with Gasteiger partial charge in [0.25, 0.3) is 0 Å². The number of azide groups is 1. The van der Waals surface area contributed by atoms with Crippen LogP contribution in [-0.4, -0.2) is 18.9 Å². The molecule has 0 amide bonds. The van der Waals surface area contributed by atoms with Crippen molar-refractivity contribution in [1.29, 1.82) is 0 Å². The van der Waals surface area contributed by atoms with Gasteiger partial charge in [-0.3, -0.25) is 4.79 Å². The first-order valence-electron chi connectivity index (χ1n) is 5.05. The number of methoxy groups -OCH3 is 1. The predicted octanol–water partition coefficient (Wildman–Crippen LogP) is 2.71. The van der Waals surface area contributed by atoms with Crippen molar-refractivity contribution >= 4 is 17.8 Å². The van der Waals surface area contributed by atoms with E-state index in [2.05, 4.69) is 14.8 Å². The summed E-state index contributed by atoms with van der Waals surface area (Å²) in [5.74, 6) is -0.904. The highest BCUT2D eigenvalue weighted by atomic mass is 16.5. The minimum Gasteiger partial charge on any atom is -0.466 e. The molecule has 0 unspecified atom stereocenters. The lowest BCUT2D eigenvalue weighted by Gasteiger charge is -2.03. The van der Waals surface area contributed by atoms with Crippen molar-refractivity contribution in [3.05, 3.63) is 51.5 Å². The molecular formula is C12H11N3O3. The fraction of sp³-hybridized carbons (Fsp3) is 0.167. The van der Waals surface area contributed by atoms with E-state index in [1.54, 1.807) is 24.3 Å². The molecule has 0 heterocycles. The van der Waals surface area contributed by atoms with E-state index in [9.17, 15) is 9.59 Å². The summed E-state index contributed by atoms with van der Waals surface area (Å²) in [6.45, 7) is 1.41. The lowest BCUT2D eigenvalue weighted by Crippen LogP contribution is -2.03. The fourth-order valence-corrected chi connectivity index (χ4v) is 1.37. The van der Waals surface area contributed by atoms with Gasteiger partial charge in [0, 0.05) is 10.5 Å². The van der Waals surface area contributed by atoms with E-state index in [0.29, 0.717) is 11.1 Å². The summed E-state index contributed by atoms with van der Waals surface area (Å²) >= 11 is 0.